The van der Waals surface area contributed by atoms with Crippen LogP contribution in [-0.4, -0.2) is 7.05 Å². The number of hydrogen-bond acceptors (Lipinski definition) is 2. The van der Waals surface area contributed by atoms with E-state index in [0.717, 1.165) is 0 Å². The molecule has 1 nitrogen and oxygen atoms in total. The fourth-order valence-corrected chi connectivity index (χ4v) is 4.51. The van der Waals surface area contributed by atoms with E-state index in [4.69, 9.17) is 0 Å². The van der Waals surface area contributed by atoms with Crippen molar-refractivity contribution in [3.63, 3.8) is 0 Å². The monoisotopic (exact) mass is 339 g/mol. The van der Waals surface area contributed by atoms with Gasteiger partial charge in [-0.2, -0.15) is 0 Å². The van der Waals surface area contributed by atoms with Crippen molar-refractivity contribution in [3.8, 4) is 0 Å². The van der Waals surface area contributed by atoms with Crippen molar-refractivity contribution < 1.29 is 0 Å². The van der Waals surface area contributed by atoms with Gasteiger partial charge < -0.3 is 5.32 Å². The summed E-state index contributed by atoms with van der Waals surface area (Å²) in [5.74, 6) is 0. The van der Waals surface area contributed by atoms with Gasteiger partial charge in [0.25, 0.3) is 0 Å². The Hall–Kier alpha value is 0.620. The molecule has 1 aromatic rings. The van der Waals surface area contributed by atoms with E-state index in [2.05, 4.69) is 64.0 Å². The fourth-order valence-electron chi connectivity index (χ4n) is 1.60. The van der Waals surface area contributed by atoms with E-state index in [1.807, 2.05) is 7.05 Å². The van der Waals surface area contributed by atoms with E-state index in [1.54, 1.807) is 11.3 Å². The van der Waals surface area contributed by atoms with Crippen LogP contribution < -0.4 is 5.32 Å². The summed E-state index contributed by atoms with van der Waals surface area (Å²) < 4.78 is 2.38. The molecule has 80 valence electrons. The Morgan fingerprint density at radius 1 is 1.36 bits per heavy atom. The highest BCUT2D eigenvalue weighted by Gasteiger charge is 2.27. The lowest BCUT2D eigenvalue weighted by atomic mass is 9.83. The summed E-state index contributed by atoms with van der Waals surface area (Å²) in [6, 6.07) is 2.56. The number of thiophene rings is 1. The molecule has 0 saturated carbocycles. The fraction of sp³-hybridized carbons (Fsp3) is 0.600. The van der Waals surface area contributed by atoms with E-state index in [-0.39, 0.29) is 5.41 Å². The Morgan fingerprint density at radius 2 is 1.93 bits per heavy atom. The molecular weight excluding hydrogens is 326 g/mol. The third-order valence-corrected chi connectivity index (χ3v) is 4.53. The number of hydrogen-bond donors (Lipinski definition) is 1. The van der Waals surface area contributed by atoms with Crippen molar-refractivity contribution >= 4 is 43.2 Å². The van der Waals surface area contributed by atoms with Crippen molar-refractivity contribution in [2.24, 2.45) is 5.41 Å². The van der Waals surface area contributed by atoms with Crippen molar-refractivity contribution in [3.05, 3.63) is 19.2 Å². The maximum absolute atomic E-state index is 3.60. The minimum atomic E-state index is 0.220. The first-order chi connectivity index (χ1) is 6.36. The van der Waals surface area contributed by atoms with Crippen LogP contribution in [0.3, 0.4) is 0 Å². The Bertz CT molecular complexity index is 314. The molecule has 1 aromatic heterocycles. The van der Waals surface area contributed by atoms with E-state index >= 15 is 0 Å². The van der Waals surface area contributed by atoms with Gasteiger partial charge in [0.05, 0.1) is 7.57 Å². The van der Waals surface area contributed by atoms with Crippen molar-refractivity contribution in [1.29, 1.82) is 0 Å². The predicted octanol–water partition coefficient (Wildman–Crippen LogP) is 4.58. The van der Waals surface area contributed by atoms with Crippen LogP contribution in [0.5, 0.6) is 0 Å². The molecule has 4 heteroatoms. The van der Waals surface area contributed by atoms with Crippen LogP contribution >= 0.6 is 43.2 Å². The first kappa shape index (κ1) is 12.7. The molecule has 0 radical (unpaired) electrons. The molecule has 0 saturated heterocycles. The Labute approximate surface area is 107 Å². The van der Waals surface area contributed by atoms with Crippen LogP contribution in [0.25, 0.3) is 0 Å². The van der Waals surface area contributed by atoms with Gasteiger partial charge in [0.1, 0.15) is 0 Å². The van der Waals surface area contributed by atoms with Gasteiger partial charge in [-0.15, -0.1) is 11.3 Å². The average molecular weight is 341 g/mol. The largest absolute Gasteiger partial charge is 0.312 e. The molecule has 1 N–H and O–H groups in total. The standard InChI is InChI=1S/C10H15Br2NS/c1-10(2,3)8(13-4)6-5-7(11)14-9(6)12/h5,8,13H,1-4H3. The lowest BCUT2D eigenvalue weighted by molar-refractivity contribution is 0.287. The minimum Gasteiger partial charge on any atom is -0.312 e. The van der Waals surface area contributed by atoms with Gasteiger partial charge in [-0.3, -0.25) is 0 Å². The van der Waals surface area contributed by atoms with Gasteiger partial charge in [0.15, 0.2) is 0 Å². The van der Waals surface area contributed by atoms with E-state index in [9.17, 15) is 0 Å². The average Bonchev–Trinajstić information content (AvgIpc) is 2.29. The summed E-state index contributed by atoms with van der Waals surface area (Å²) in [4.78, 5) is 0. The van der Waals surface area contributed by atoms with Crippen LogP contribution in [-0.2, 0) is 0 Å². The Kier molecular flexibility index (Phi) is 4.21. The summed E-state index contributed by atoms with van der Waals surface area (Å²) >= 11 is 8.83. The number of rotatable bonds is 2. The lowest BCUT2D eigenvalue weighted by Crippen LogP contribution is -2.29. The minimum absolute atomic E-state index is 0.220. The van der Waals surface area contributed by atoms with Crippen LogP contribution in [0, 0.1) is 5.41 Å². The zero-order valence-electron chi connectivity index (χ0n) is 8.82. The zero-order chi connectivity index (χ0) is 10.9. The molecule has 1 rings (SSSR count). The highest BCUT2D eigenvalue weighted by Crippen LogP contribution is 2.41. The van der Waals surface area contributed by atoms with E-state index in [1.165, 1.54) is 13.1 Å². The molecule has 0 aliphatic rings. The predicted molar refractivity (Wildman–Crippen MR) is 71.0 cm³/mol. The molecule has 0 aromatic carbocycles. The first-order valence-corrected chi connectivity index (χ1v) is 6.88. The third kappa shape index (κ3) is 2.81. The molecule has 1 atom stereocenters. The third-order valence-electron chi connectivity index (χ3n) is 2.15. The summed E-state index contributed by atoms with van der Waals surface area (Å²) in [5.41, 5.74) is 1.55. The summed E-state index contributed by atoms with van der Waals surface area (Å²) in [6.45, 7) is 6.73. The second-order valence-corrected chi connectivity index (χ2v) is 8.12. The van der Waals surface area contributed by atoms with Gasteiger partial charge in [0.2, 0.25) is 0 Å². The summed E-state index contributed by atoms with van der Waals surface area (Å²) in [6.07, 6.45) is 0. The summed E-state index contributed by atoms with van der Waals surface area (Å²) in [7, 11) is 2.01. The molecule has 0 amide bonds. The van der Waals surface area contributed by atoms with Gasteiger partial charge in [0, 0.05) is 6.04 Å². The van der Waals surface area contributed by atoms with Crippen LogP contribution in [0.1, 0.15) is 32.4 Å². The molecule has 0 spiro atoms. The van der Waals surface area contributed by atoms with Crippen LogP contribution in [0.4, 0.5) is 0 Å². The van der Waals surface area contributed by atoms with Gasteiger partial charge in [-0.25, -0.2) is 0 Å². The molecule has 0 aliphatic heterocycles. The van der Waals surface area contributed by atoms with Crippen molar-refractivity contribution in [1.82, 2.24) is 5.32 Å². The van der Waals surface area contributed by atoms with Crippen molar-refractivity contribution in [2.45, 2.75) is 26.8 Å². The van der Waals surface area contributed by atoms with Crippen LogP contribution in [0.2, 0.25) is 0 Å². The number of halogens is 2. The second-order valence-electron chi connectivity index (χ2n) is 4.37. The molecular formula is C10H15Br2NS. The molecule has 14 heavy (non-hydrogen) atoms. The topological polar surface area (TPSA) is 12.0 Å². The highest BCUT2D eigenvalue weighted by molar-refractivity contribution is 9.12. The molecule has 1 heterocycles. The van der Waals surface area contributed by atoms with E-state index < -0.39 is 0 Å². The number of nitrogens with one attached hydrogen (secondary N) is 1. The first-order valence-electron chi connectivity index (χ1n) is 4.48. The van der Waals surface area contributed by atoms with Gasteiger partial charge in [-0.05, 0) is 56.0 Å². The van der Waals surface area contributed by atoms with Gasteiger partial charge >= 0.3 is 0 Å². The smallest absolute Gasteiger partial charge is 0.0758 e. The Morgan fingerprint density at radius 3 is 2.21 bits per heavy atom. The van der Waals surface area contributed by atoms with Crippen molar-refractivity contribution in [2.75, 3.05) is 7.05 Å². The SMILES string of the molecule is CNC(c1cc(Br)sc1Br)C(C)(C)C. The zero-order valence-corrected chi connectivity index (χ0v) is 12.8. The Balaban J connectivity index is 3.07. The molecule has 0 bridgehead atoms. The van der Waals surface area contributed by atoms with E-state index in [0.29, 0.717) is 6.04 Å². The molecule has 0 fully saturated rings. The summed E-state index contributed by atoms with van der Waals surface area (Å²) in [5, 5.41) is 3.37. The lowest BCUT2D eigenvalue weighted by Gasteiger charge is -2.30. The maximum Gasteiger partial charge on any atom is 0.0758 e. The highest BCUT2D eigenvalue weighted by atomic mass is 79.9. The maximum atomic E-state index is 3.60. The molecule has 1 unspecified atom stereocenters. The second kappa shape index (κ2) is 4.64. The quantitative estimate of drug-likeness (QED) is 0.830. The van der Waals surface area contributed by atoms with Gasteiger partial charge in [-0.1, -0.05) is 20.8 Å². The van der Waals surface area contributed by atoms with Crippen LogP contribution in [0.15, 0.2) is 13.6 Å². The normalized spacial score (nSPS) is 14.4. The molecule has 0 aliphatic carbocycles.